The molecule has 3 aliphatic rings. The van der Waals surface area contributed by atoms with Gasteiger partial charge in [-0.1, -0.05) is 0 Å². The number of likely N-dealkylation sites (tertiary alicyclic amines) is 1. The van der Waals surface area contributed by atoms with Crippen molar-refractivity contribution in [1.82, 2.24) is 9.80 Å². The van der Waals surface area contributed by atoms with Crippen LogP contribution in [0.4, 0.5) is 0 Å². The van der Waals surface area contributed by atoms with Crippen LogP contribution < -0.4 is 14.2 Å². The highest BCUT2D eigenvalue weighted by Gasteiger charge is 2.62. The van der Waals surface area contributed by atoms with E-state index >= 15 is 0 Å². The first-order valence-corrected chi connectivity index (χ1v) is 8.61. The third kappa shape index (κ3) is 2.18. The standard InChI is InChI=1S/C18H22N2O6/c1-23-12-8-11(9-13(24-2)16(12)25-3)17(22)19-5-4-18-14(19)10-15(21)20(18)6-7-26-18/h8-9,14H,4-7,10H2,1-3H3/t14-,18+/m1/s1. The smallest absolute Gasteiger partial charge is 0.254 e. The van der Waals surface area contributed by atoms with Crippen LogP contribution in [0.15, 0.2) is 12.1 Å². The molecule has 0 aromatic heterocycles. The van der Waals surface area contributed by atoms with E-state index in [1.807, 2.05) is 0 Å². The minimum Gasteiger partial charge on any atom is -0.493 e. The molecule has 8 heteroatoms. The highest BCUT2D eigenvalue weighted by molar-refractivity contribution is 5.97. The fraction of sp³-hybridized carbons (Fsp3) is 0.556. The lowest BCUT2D eigenvalue weighted by Crippen LogP contribution is -2.48. The van der Waals surface area contributed by atoms with Crippen molar-refractivity contribution in [3.05, 3.63) is 17.7 Å². The van der Waals surface area contributed by atoms with Crippen LogP contribution in [0.3, 0.4) is 0 Å². The topological polar surface area (TPSA) is 77.5 Å². The van der Waals surface area contributed by atoms with E-state index in [4.69, 9.17) is 18.9 Å². The van der Waals surface area contributed by atoms with Gasteiger partial charge in [-0.3, -0.25) is 9.59 Å². The van der Waals surface area contributed by atoms with Gasteiger partial charge in [-0.2, -0.15) is 0 Å². The lowest BCUT2D eigenvalue weighted by molar-refractivity contribution is -0.136. The third-order valence-electron chi connectivity index (χ3n) is 5.57. The molecule has 0 unspecified atom stereocenters. The number of rotatable bonds is 4. The summed E-state index contributed by atoms with van der Waals surface area (Å²) < 4.78 is 21.9. The van der Waals surface area contributed by atoms with Gasteiger partial charge in [0.15, 0.2) is 17.2 Å². The number of benzene rings is 1. The summed E-state index contributed by atoms with van der Waals surface area (Å²) in [6.45, 7) is 1.67. The van der Waals surface area contributed by atoms with Crippen LogP contribution in [0.5, 0.6) is 17.2 Å². The van der Waals surface area contributed by atoms with Crippen molar-refractivity contribution >= 4 is 11.8 Å². The molecule has 26 heavy (non-hydrogen) atoms. The van der Waals surface area contributed by atoms with Crippen molar-refractivity contribution in [3.8, 4) is 17.2 Å². The normalized spacial score (nSPS) is 26.7. The second-order valence-electron chi connectivity index (χ2n) is 6.62. The Bertz CT molecular complexity index is 741. The molecule has 4 rings (SSSR count). The highest BCUT2D eigenvalue weighted by atomic mass is 16.5. The minimum atomic E-state index is -0.645. The molecule has 2 amide bonds. The molecule has 140 valence electrons. The summed E-state index contributed by atoms with van der Waals surface area (Å²) in [7, 11) is 4.54. The maximum Gasteiger partial charge on any atom is 0.254 e. The molecule has 3 heterocycles. The number of carbonyl (C=O) groups is 2. The van der Waals surface area contributed by atoms with Crippen molar-refractivity contribution < 1.29 is 28.5 Å². The Morgan fingerprint density at radius 1 is 1.15 bits per heavy atom. The summed E-state index contributed by atoms with van der Waals surface area (Å²) in [5.41, 5.74) is -0.214. The van der Waals surface area contributed by atoms with Gasteiger partial charge in [-0.25, -0.2) is 0 Å². The molecular formula is C18H22N2O6. The number of hydrogen-bond acceptors (Lipinski definition) is 6. The second kappa shape index (κ2) is 6.05. The zero-order valence-electron chi connectivity index (χ0n) is 15.1. The van der Waals surface area contributed by atoms with Gasteiger partial charge >= 0.3 is 0 Å². The van der Waals surface area contributed by atoms with Gasteiger partial charge in [0.2, 0.25) is 11.7 Å². The third-order valence-corrected chi connectivity index (χ3v) is 5.57. The second-order valence-corrected chi connectivity index (χ2v) is 6.62. The van der Waals surface area contributed by atoms with Crippen LogP contribution in [0, 0.1) is 0 Å². The molecule has 0 radical (unpaired) electrons. The summed E-state index contributed by atoms with van der Waals surface area (Å²) in [5, 5.41) is 0. The predicted octanol–water partition coefficient (Wildman–Crippen LogP) is 0.886. The molecular weight excluding hydrogens is 340 g/mol. The first-order valence-electron chi connectivity index (χ1n) is 8.61. The molecule has 8 nitrogen and oxygen atoms in total. The van der Waals surface area contributed by atoms with Crippen LogP contribution in [0.1, 0.15) is 23.2 Å². The zero-order chi connectivity index (χ0) is 18.5. The van der Waals surface area contributed by atoms with Crippen molar-refractivity contribution in [2.75, 3.05) is 41.0 Å². The molecule has 1 aromatic rings. The van der Waals surface area contributed by atoms with Gasteiger partial charge in [0, 0.05) is 25.1 Å². The number of nitrogens with zero attached hydrogens (tertiary/aromatic N) is 2. The fourth-order valence-corrected chi connectivity index (χ4v) is 4.41. The molecule has 3 aliphatic heterocycles. The molecule has 1 spiro atoms. The lowest BCUT2D eigenvalue weighted by Gasteiger charge is -2.31. The van der Waals surface area contributed by atoms with Gasteiger partial charge in [0.1, 0.15) is 0 Å². The highest BCUT2D eigenvalue weighted by Crippen LogP contribution is 2.46. The number of carbonyl (C=O) groups excluding carboxylic acids is 2. The minimum absolute atomic E-state index is 0.0508. The average molecular weight is 362 g/mol. The van der Waals surface area contributed by atoms with Crippen molar-refractivity contribution in [3.63, 3.8) is 0 Å². The molecule has 0 N–H and O–H groups in total. The molecule has 3 fully saturated rings. The summed E-state index contributed by atoms with van der Waals surface area (Å²) in [5.74, 6) is 1.16. The summed E-state index contributed by atoms with van der Waals surface area (Å²) in [6, 6.07) is 3.02. The van der Waals surface area contributed by atoms with Gasteiger partial charge in [0.05, 0.1) is 40.4 Å². The quantitative estimate of drug-likeness (QED) is 0.792. The van der Waals surface area contributed by atoms with E-state index in [1.165, 1.54) is 21.3 Å². The van der Waals surface area contributed by atoms with E-state index in [1.54, 1.807) is 21.9 Å². The molecule has 2 atom stereocenters. The predicted molar refractivity (Wildman–Crippen MR) is 90.6 cm³/mol. The largest absolute Gasteiger partial charge is 0.493 e. The van der Waals surface area contributed by atoms with E-state index < -0.39 is 5.72 Å². The average Bonchev–Trinajstić information content (AvgIpc) is 3.30. The first kappa shape index (κ1) is 17.0. The summed E-state index contributed by atoms with van der Waals surface area (Å²) >= 11 is 0. The SMILES string of the molecule is COc1cc(C(=O)N2CC[C@@]34OCCN3C(=O)C[C@@H]24)cc(OC)c1OC. The van der Waals surface area contributed by atoms with Crippen LogP contribution in [0.2, 0.25) is 0 Å². The van der Waals surface area contributed by atoms with E-state index in [-0.39, 0.29) is 17.9 Å². The van der Waals surface area contributed by atoms with Crippen LogP contribution in [0.25, 0.3) is 0 Å². The molecule has 3 saturated heterocycles. The zero-order valence-corrected chi connectivity index (χ0v) is 15.1. The van der Waals surface area contributed by atoms with Crippen molar-refractivity contribution in [1.29, 1.82) is 0 Å². The lowest BCUT2D eigenvalue weighted by atomic mass is 10.1. The maximum absolute atomic E-state index is 13.2. The Labute approximate surface area is 151 Å². The Hall–Kier alpha value is -2.48. The monoisotopic (exact) mass is 362 g/mol. The summed E-state index contributed by atoms with van der Waals surface area (Å²) in [4.78, 5) is 29.0. The summed E-state index contributed by atoms with van der Waals surface area (Å²) in [6.07, 6.45) is 0.940. The number of ether oxygens (including phenoxy) is 4. The van der Waals surface area contributed by atoms with Crippen LogP contribution in [-0.4, -0.2) is 74.4 Å². The number of hydrogen-bond donors (Lipinski definition) is 0. The van der Waals surface area contributed by atoms with E-state index in [2.05, 4.69) is 0 Å². The fourth-order valence-electron chi connectivity index (χ4n) is 4.41. The number of methoxy groups -OCH3 is 3. The van der Waals surface area contributed by atoms with Gasteiger partial charge in [-0.05, 0) is 12.1 Å². The molecule has 1 aromatic carbocycles. The van der Waals surface area contributed by atoms with E-state index in [0.717, 1.165) is 0 Å². The first-order chi connectivity index (χ1) is 12.6. The van der Waals surface area contributed by atoms with Gasteiger partial charge < -0.3 is 28.7 Å². The van der Waals surface area contributed by atoms with Crippen molar-refractivity contribution in [2.24, 2.45) is 0 Å². The Morgan fingerprint density at radius 2 is 1.85 bits per heavy atom. The molecule has 0 aliphatic carbocycles. The molecule has 0 bridgehead atoms. The Morgan fingerprint density at radius 3 is 2.46 bits per heavy atom. The Kier molecular flexibility index (Phi) is 3.95. The van der Waals surface area contributed by atoms with E-state index in [9.17, 15) is 9.59 Å². The maximum atomic E-state index is 13.2. The van der Waals surface area contributed by atoms with Gasteiger partial charge in [-0.15, -0.1) is 0 Å². The van der Waals surface area contributed by atoms with Gasteiger partial charge in [0.25, 0.3) is 5.91 Å². The van der Waals surface area contributed by atoms with Crippen LogP contribution in [-0.2, 0) is 9.53 Å². The van der Waals surface area contributed by atoms with Crippen LogP contribution >= 0.6 is 0 Å². The number of amides is 2. The van der Waals surface area contributed by atoms with E-state index in [0.29, 0.717) is 55.4 Å². The molecule has 0 saturated carbocycles. The Balaban J connectivity index is 1.68. The van der Waals surface area contributed by atoms with Crippen molar-refractivity contribution in [2.45, 2.75) is 24.6 Å².